The van der Waals surface area contributed by atoms with Gasteiger partial charge in [0.1, 0.15) is 0 Å². The van der Waals surface area contributed by atoms with Crippen molar-refractivity contribution in [2.75, 3.05) is 13.7 Å². The highest BCUT2D eigenvalue weighted by Crippen LogP contribution is 2.37. The second-order valence-electron chi connectivity index (χ2n) is 7.75. The lowest BCUT2D eigenvalue weighted by Crippen LogP contribution is -2.10. The van der Waals surface area contributed by atoms with Crippen molar-refractivity contribution in [1.82, 2.24) is 20.0 Å². The van der Waals surface area contributed by atoms with Gasteiger partial charge in [-0.15, -0.1) is 10.2 Å². The Hall–Kier alpha value is -3.63. The van der Waals surface area contributed by atoms with Gasteiger partial charge in [0, 0.05) is 13.1 Å². The monoisotopic (exact) mass is 478 g/mol. The quantitative estimate of drug-likeness (QED) is 0.249. The third-order valence-corrected chi connectivity index (χ3v) is 4.80. The molecule has 0 aliphatic carbocycles. The number of aromatic nitrogens is 4. The molecule has 0 atom stereocenters. The maximum atomic E-state index is 12.8. The summed E-state index contributed by atoms with van der Waals surface area (Å²) in [6, 6.07) is 7.12. The summed E-state index contributed by atoms with van der Waals surface area (Å²) in [5.74, 6) is 0.846. The van der Waals surface area contributed by atoms with Crippen LogP contribution in [-0.2, 0) is 17.4 Å². The lowest BCUT2D eigenvalue weighted by atomic mass is 10.0. The Morgan fingerprint density at radius 1 is 1.12 bits per heavy atom. The van der Waals surface area contributed by atoms with Crippen LogP contribution in [0.25, 0.3) is 5.82 Å². The lowest BCUT2D eigenvalue weighted by molar-refractivity contribution is -0.141. The van der Waals surface area contributed by atoms with Gasteiger partial charge in [-0.05, 0) is 48.6 Å². The maximum absolute atomic E-state index is 12.8. The molecule has 0 spiro atoms. The minimum absolute atomic E-state index is 0.0874. The number of aryl methyl sites for hydroxylation is 1. The van der Waals surface area contributed by atoms with E-state index >= 15 is 0 Å². The van der Waals surface area contributed by atoms with Gasteiger partial charge in [-0.3, -0.25) is 4.79 Å². The predicted molar refractivity (Wildman–Crippen MR) is 116 cm³/mol. The first kappa shape index (κ1) is 25.0. The summed E-state index contributed by atoms with van der Waals surface area (Å²) in [4.78, 5) is 11.4. The van der Waals surface area contributed by atoms with Crippen LogP contribution in [0.2, 0.25) is 0 Å². The molecule has 0 unspecified atom stereocenters. The molecular weight excluding hydrogens is 453 g/mol. The van der Waals surface area contributed by atoms with E-state index in [0.717, 1.165) is 17.3 Å². The van der Waals surface area contributed by atoms with Crippen LogP contribution >= 0.6 is 0 Å². The Labute approximate surface area is 194 Å². The minimum atomic E-state index is -4.55. The molecule has 0 saturated heterocycles. The number of hydrogen-bond acceptors (Lipinski definition) is 7. The molecule has 3 aromatic rings. The SMILES string of the molecule is COc1cccc(OC(C)=O)c1OCCCc1cn(-c2ccc(C(F)(F)F)nn2)nc1C(C)C. The molecule has 2 aromatic heterocycles. The van der Waals surface area contributed by atoms with E-state index in [2.05, 4.69) is 15.3 Å². The molecule has 8 nitrogen and oxygen atoms in total. The van der Waals surface area contributed by atoms with Gasteiger partial charge in [0.15, 0.2) is 23.0 Å². The third kappa shape index (κ3) is 6.03. The number of benzene rings is 1. The van der Waals surface area contributed by atoms with Crippen LogP contribution in [0.3, 0.4) is 0 Å². The van der Waals surface area contributed by atoms with Crippen molar-refractivity contribution in [1.29, 1.82) is 0 Å². The van der Waals surface area contributed by atoms with E-state index in [-0.39, 0.29) is 17.5 Å². The van der Waals surface area contributed by atoms with Crippen LogP contribution < -0.4 is 14.2 Å². The fraction of sp³-hybridized carbons (Fsp3) is 0.391. The van der Waals surface area contributed by atoms with Gasteiger partial charge in [0.05, 0.1) is 19.4 Å². The van der Waals surface area contributed by atoms with Gasteiger partial charge >= 0.3 is 12.1 Å². The van der Waals surface area contributed by atoms with E-state index in [9.17, 15) is 18.0 Å². The van der Waals surface area contributed by atoms with E-state index in [1.54, 1.807) is 24.4 Å². The molecule has 34 heavy (non-hydrogen) atoms. The van der Waals surface area contributed by atoms with Crippen LogP contribution in [0.4, 0.5) is 13.2 Å². The minimum Gasteiger partial charge on any atom is -0.493 e. The van der Waals surface area contributed by atoms with E-state index < -0.39 is 17.8 Å². The van der Waals surface area contributed by atoms with Gasteiger partial charge in [-0.2, -0.15) is 18.3 Å². The second kappa shape index (κ2) is 10.5. The summed E-state index contributed by atoms with van der Waals surface area (Å²) in [7, 11) is 1.49. The first-order valence-corrected chi connectivity index (χ1v) is 10.6. The molecular formula is C23H25F3N4O4. The number of esters is 1. The number of rotatable bonds is 9. The Morgan fingerprint density at radius 3 is 2.44 bits per heavy atom. The van der Waals surface area contributed by atoms with Crippen LogP contribution in [0.15, 0.2) is 36.5 Å². The number of para-hydroxylation sites is 1. The summed E-state index contributed by atoms with van der Waals surface area (Å²) < 4.78 is 56.1. The average molecular weight is 478 g/mol. The number of carbonyl (C=O) groups excluding carboxylic acids is 1. The molecule has 182 valence electrons. The lowest BCUT2D eigenvalue weighted by Gasteiger charge is -2.14. The Kier molecular flexibility index (Phi) is 7.75. The van der Waals surface area contributed by atoms with Gasteiger partial charge in [-0.25, -0.2) is 4.68 Å². The number of ether oxygens (including phenoxy) is 3. The third-order valence-electron chi connectivity index (χ3n) is 4.80. The molecule has 0 radical (unpaired) electrons. The van der Waals surface area contributed by atoms with Crippen LogP contribution in [0.5, 0.6) is 17.2 Å². The highest BCUT2D eigenvalue weighted by Gasteiger charge is 2.33. The zero-order chi connectivity index (χ0) is 24.9. The summed E-state index contributed by atoms with van der Waals surface area (Å²) in [6.45, 7) is 5.56. The number of hydrogen-bond donors (Lipinski definition) is 0. The van der Waals surface area contributed by atoms with E-state index in [1.807, 2.05) is 13.8 Å². The summed E-state index contributed by atoms with van der Waals surface area (Å²) in [5, 5.41) is 11.4. The van der Waals surface area contributed by atoms with Crippen LogP contribution in [0.1, 0.15) is 50.1 Å². The van der Waals surface area contributed by atoms with E-state index in [0.29, 0.717) is 30.9 Å². The summed E-state index contributed by atoms with van der Waals surface area (Å²) in [6.07, 6.45) is -1.62. The van der Waals surface area contributed by atoms with Crippen molar-refractivity contribution < 1.29 is 32.2 Å². The Balaban J connectivity index is 1.71. The van der Waals surface area contributed by atoms with Gasteiger partial charge < -0.3 is 14.2 Å². The van der Waals surface area contributed by atoms with Gasteiger partial charge in [-0.1, -0.05) is 19.9 Å². The largest absolute Gasteiger partial charge is 0.493 e. The van der Waals surface area contributed by atoms with E-state index in [4.69, 9.17) is 14.2 Å². The number of methoxy groups -OCH3 is 1. The first-order chi connectivity index (χ1) is 16.1. The first-order valence-electron chi connectivity index (χ1n) is 10.6. The Bertz CT molecular complexity index is 1130. The second-order valence-corrected chi connectivity index (χ2v) is 7.75. The highest BCUT2D eigenvalue weighted by molar-refractivity contribution is 5.71. The van der Waals surface area contributed by atoms with Crippen LogP contribution in [0, 0.1) is 0 Å². The number of halogens is 3. The van der Waals surface area contributed by atoms with Gasteiger partial charge in [0.2, 0.25) is 5.75 Å². The van der Waals surface area contributed by atoms with Crippen molar-refractivity contribution in [2.24, 2.45) is 0 Å². The van der Waals surface area contributed by atoms with Crippen molar-refractivity contribution in [3.05, 3.63) is 53.5 Å². The van der Waals surface area contributed by atoms with Crippen molar-refractivity contribution >= 4 is 5.97 Å². The number of nitrogens with zero attached hydrogens (tertiary/aromatic N) is 4. The molecule has 0 bridgehead atoms. The zero-order valence-corrected chi connectivity index (χ0v) is 19.2. The summed E-state index contributed by atoms with van der Waals surface area (Å²) >= 11 is 0. The smallest absolute Gasteiger partial charge is 0.435 e. The molecule has 2 heterocycles. The molecule has 0 aliphatic rings. The fourth-order valence-corrected chi connectivity index (χ4v) is 3.29. The molecule has 3 rings (SSSR count). The van der Waals surface area contributed by atoms with Crippen LogP contribution in [-0.4, -0.2) is 39.7 Å². The maximum Gasteiger partial charge on any atom is 0.435 e. The van der Waals surface area contributed by atoms with E-state index in [1.165, 1.54) is 24.8 Å². The predicted octanol–water partition coefficient (Wildman–Crippen LogP) is 4.75. The molecule has 11 heteroatoms. The molecule has 1 aromatic carbocycles. The normalized spacial score (nSPS) is 11.5. The molecule has 0 aliphatic heterocycles. The van der Waals surface area contributed by atoms with Crippen molar-refractivity contribution in [3.8, 4) is 23.1 Å². The number of carbonyl (C=O) groups is 1. The van der Waals surface area contributed by atoms with Crippen molar-refractivity contribution in [3.63, 3.8) is 0 Å². The zero-order valence-electron chi connectivity index (χ0n) is 19.2. The van der Waals surface area contributed by atoms with Gasteiger partial charge in [0.25, 0.3) is 0 Å². The topological polar surface area (TPSA) is 88.4 Å². The number of alkyl halides is 3. The Morgan fingerprint density at radius 2 is 1.85 bits per heavy atom. The summed E-state index contributed by atoms with van der Waals surface area (Å²) in [5.41, 5.74) is 0.662. The molecule has 0 amide bonds. The molecule has 0 fully saturated rings. The fourth-order valence-electron chi connectivity index (χ4n) is 3.29. The van der Waals surface area contributed by atoms with Crippen molar-refractivity contribution in [2.45, 2.75) is 45.7 Å². The standard InChI is InChI=1S/C23H25F3N4O4/c1-14(2)21-16(13-30(29-21)20-11-10-19(27-28-20)23(24,25)26)7-6-12-33-22-17(32-4)8-5-9-18(22)34-15(3)31/h5,8-11,13-14H,6-7,12H2,1-4H3. The highest BCUT2D eigenvalue weighted by atomic mass is 19.4. The average Bonchev–Trinajstić information content (AvgIpc) is 3.21. The molecule has 0 saturated carbocycles. The molecule has 0 N–H and O–H groups in total.